The van der Waals surface area contributed by atoms with Crippen molar-refractivity contribution in [3.05, 3.63) is 52.6 Å². The third-order valence-corrected chi connectivity index (χ3v) is 4.45. The van der Waals surface area contributed by atoms with Crippen LogP contribution in [0, 0.1) is 19.7 Å². The third kappa shape index (κ3) is 2.83. The van der Waals surface area contributed by atoms with Gasteiger partial charge in [0.15, 0.2) is 0 Å². The molecule has 1 atom stereocenters. The van der Waals surface area contributed by atoms with Crippen LogP contribution in [-0.4, -0.2) is 17.1 Å². The molecule has 1 aromatic heterocycles. The Morgan fingerprint density at radius 1 is 1.39 bits per heavy atom. The van der Waals surface area contributed by atoms with Gasteiger partial charge in [0.2, 0.25) is 0 Å². The van der Waals surface area contributed by atoms with Crippen LogP contribution in [-0.2, 0) is 6.54 Å². The predicted molar refractivity (Wildman–Crippen MR) is 86.3 cm³/mol. The summed E-state index contributed by atoms with van der Waals surface area (Å²) in [4.78, 5) is 12.7. The van der Waals surface area contributed by atoms with Crippen LogP contribution < -0.4 is 10.1 Å². The van der Waals surface area contributed by atoms with Gasteiger partial charge in [-0.2, -0.15) is 0 Å². The summed E-state index contributed by atoms with van der Waals surface area (Å²) in [7, 11) is 0. The number of hydrogen-bond donors (Lipinski definition) is 1. The van der Waals surface area contributed by atoms with Gasteiger partial charge < -0.3 is 14.6 Å². The standard InChI is InChI=1S/C18H21FN2O2/c1-4-21-11(2)9-14(12(21)3)18(22)20-16-7-8-23-17-6-5-13(19)10-15(16)17/h5-6,9-10,16H,4,7-8H2,1-3H3,(H,20,22)/t16-/m1/s1. The molecular formula is C18H21FN2O2. The van der Waals surface area contributed by atoms with Gasteiger partial charge in [0.05, 0.1) is 18.2 Å². The van der Waals surface area contributed by atoms with Gasteiger partial charge in [0.1, 0.15) is 11.6 Å². The van der Waals surface area contributed by atoms with E-state index in [1.54, 1.807) is 6.07 Å². The van der Waals surface area contributed by atoms with Gasteiger partial charge in [-0.25, -0.2) is 4.39 Å². The highest BCUT2D eigenvalue weighted by molar-refractivity contribution is 5.96. The summed E-state index contributed by atoms with van der Waals surface area (Å²) in [6.45, 7) is 7.34. The molecule has 0 saturated carbocycles. The number of aryl methyl sites for hydroxylation is 1. The number of nitrogens with zero attached hydrogens (tertiary/aromatic N) is 1. The Kier molecular flexibility index (Phi) is 4.11. The van der Waals surface area contributed by atoms with Gasteiger partial charge in [-0.3, -0.25) is 4.79 Å². The van der Waals surface area contributed by atoms with Gasteiger partial charge in [-0.05, 0) is 45.0 Å². The number of rotatable bonds is 3. The van der Waals surface area contributed by atoms with Crippen LogP contribution in [0.15, 0.2) is 24.3 Å². The van der Waals surface area contributed by atoms with E-state index in [1.807, 2.05) is 19.9 Å². The number of halogens is 1. The molecule has 122 valence electrons. The fraction of sp³-hybridized carbons (Fsp3) is 0.389. The second-order valence-electron chi connectivity index (χ2n) is 5.87. The normalized spacial score (nSPS) is 16.6. The van der Waals surface area contributed by atoms with Gasteiger partial charge >= 0.3 is 0 Å². The van der Waals surface area contributed by atoms with E-state index in [-0.39, 0.29) is 17.8 Å². The lowest BCUT2D eigenvalue weighted by Gasteiger charge is -2.26. The lowest BCUT2D eigenvalue weighted by Crippen LogP contribution is -2.32. The molecular weight excluding hydrogens is 295 g/mol. The van der Waals surface area contributed by atoms with Crippen molar-refractivity contribution in [3.63, 3.8) is 0 Å². The molecule has 5 heteroatoms. The van der Waals surface area contributed by atoms with Crippen LogP contribution in [0.25, 0.3) is 0 Å². The molecule has 3 rings (SSSR count). The summed E-state index contributed by atoms with van der Waals surface area (Å²) in [6.07, 6.45) is 0.634. The Hall–Kier alpha value is -2.30. The molecule has 0 unspecified atom stereocenters. The van der Waals surface area contributed by atoms with Crippen LogP contribution >= 0.6 is 0 Å². The number of nitrogens with one attached hydrogen (secondary N) is 1. The van der Waals surface area contributed by atoms with Crippen LogP contribution in [0.1, 0.15) is 46.7 Å². The molecule has 23 heavy (non-hydrogen) atoms. The second kappa shape index (κ2) is 6.07. The van der Waals surface area contributed by atoms with Crippen molar-refractivity contribution in [2.24, 2.45) is 0 Å². The fourth-order valence-corrected chi connectivity index (χ4v) is 3.27. The fourth-order valence-electron chi connectivity index (χ4n) is 3.27. The molecule has 1 aliphatic heterocycles. The van der Waals surface area contributed by atoms with Crippen LogP contribution in [0.2, 0.25) is 0 Å². The number of hydrogen-bond acceptors (Lipinski definition) is 2. The van der Waals surface area contributed by atoms with Gasteiger partial charge in [-0.15, -0.1) is 0 Å². The summed E-state index contributed by atoms with van der Waals surface area (Å²) >= 11 is 0. The Morgan fingerprint density at radius 3 is 2.87 bits per heavy atom. The molecule has 0 fully saturated rings. The van der Waals surface area contributed by atoms with E-state index >= 15 is 0 Å². The topological polar surface area (TPSA) is 43.3 Å². The van der Waals surface area contributed by atoms with Crippen molar-refractivity contribution < 1.29 is 13.9 Å². The molecule has 0 aliphatic carbocycles. The Balaban J connectivity index is 1.86. The van der Waals surface area contributed by atoms with Gasteiger partial charge in [0, 0.05) is 29.9 Å². The van der Waals surface area contributed by atoms with E-state index in [4.69, 9.17) is 4.74 Å². The largest absolute Gasteiger partial charge is 0.493 e. The lowest BCUT2D eigenvalue weighted by atomic mass is 10.00. The van der Waals surface area contributed by atoms with Crippen molar-refractivity contribution in [1.82, 2.24) is 9.88 Å². The number of aromatic nitrogens is 1. The number of carbonyl (C=O) groups is 1. The minimum atomic E-state index is -0.322. The zero-order valence-electron chi connectivity index (χ0n) is 13.6. The maximum Gasteiger partial charge on any atom is 0.253 e. The van der Waals surface area contributed by atoms with Gasteiger partial charge in [-0.1, -0.05) is 0 Å². The maximum absolute atomic E-state index is 13.5. The van der Waals surface area contributed by atoms with Crippen LogP contribution in [0.4, 0.5) is 4.39 Å². The van der Waals surface area contributed by atoms with E-state index in [9.17, 15) is 9.18 Å². The second-order valence-corrected chi connectivity index (χ2v) is 5.87. The first-order valence-electron chi connectivity index (χ1n) is 7.91. The van der Waals surface area contributed by atoms with Crippen molar-refractivity contribution >= 4 is 5.91 Å². The number of benzene rings is 1. The molecule has 2 heterocycles. The summed E-state index contributed by atoms with van der Waals surface area (Å²) in [5.41, 5.74) is 3.39. The average Bonchev–Trinajstić information content (AvgIpc) is 2.82. The Bertz CT molecular complexity index is 752. The van der Waals surface area contributed by atoms with E-state index in [0.29, 0.717) is 29.9 Å². The lowest BCUT2D eigenvalue weighted by molar-refractivity contribution is 0.0924. The Morgan fingerprint density at radius 2 is 2.17 bits per heavy atom. The zero-order valence-corrected chi connectivity index (χ0v) is 13.6. The summed E-state index contributed by atoms with van der Waals surface area (Å²) < 4.78 is 21.2. The van der Waals surface area contributed by atoms with E-state index in [0.717, 1.165) is 17.9 Å². The molecule has 1 N–H and O–H groups in total. The third-order valence-electron chi connectivity index (χ3n) is 4.45. The van der Waals surface area contributed by atoms with Crippen molar-refractivity contribution in [2.45, 2.75) is 39.8 Å². The van der Waals surface area contributed by atoms with Crippen molar-refractivity contribution in [1.29, 1.82) is 0 Å². The first kappa shape index (κ1) is 15.6. The van der Waals surface area contributed by atoms with Crippen molar-refractivity contribution in [3.8, 4) is 5.75 Å². The zero-order chi connectivity index (χ0) is 16.6. The molecule has 1 amide bonds. The minimum Gasteiger partial charge on any atom is -0.493 e. The maximum atomic E-state index is 13.5. The quantitative estimate of drug-likeness (QED) is 0.941. The highest BCUT2D eigenvalue weighted by atomic mass is 19.1. The van der Waals surface area contributed by atoms with Gasteiger partial charge in [0.25, 0.3) is 5.91 Å². The van der Waals surface area contributed by atoms with E-state index in [2.05, 4.69) is 16.8 Å². The molecule has 1 aliphatic rings. The first-order chi connectivity index (χ1) is 11.0. The van der Waals surface area contributed by atoms with Crippen LogP contribution in [0.3, 0.4) is 0 Å². The summed E-state index contributed by atoms with van der Waals surface area (Å²) in [6, 6.07) is 6.10. The van der Waals surface area contributed by atoms with E-state index in [1.165, 1.54) is 12.1 Å². The molecule has 0 bridgehead atoms. The molecule has 0 radical (unpaired) electrons. The van der Waals surface area contributed by atoms with Crippen LogP contribution in [0.5, 0.6) is 5.75 Å². The number of carbonyl (C=O) groups excluding carboxylic acids is 1. The minimum absolute atomic E-state index is 0.125. The molecule has 4 nitrogen and oxygen atoms in total. The first-order valence-corrected chi connectivity index (χ1v) is 7.91. The SMILES string of the molecule is CCn1c(C)cc(C(=O)N[C@@H]2CCOc3ccc(F)cc32)c1C. The van der Waals surface area contributed by atoms with E-state index < -0.39 is 0 Å². The molecule has 0 spiro atoms. The highest BCUT2D eigenvalue weighted by Gasteiger charge is 2.25. The smallest absolute Gasteiger partial charge is 0.253 e. The number of amides is 1. The molecule has 1 aromatic carbocycles. The number of fused-ring (bicyclic) bond motifs is 1. The predicted octanol–water partition coefficient (Wildman–Crippen LogP) is 3.52. The van der Waals surface area contributed by atoms with Crippen molar-refractivity contribution in [2.75, 3.05) is 6.61 Å². The average molecular weight is 316 g/mol. The Labute approximate surface area is 135 Å². The highest BCUT2D eigenvalue weighted by Crippen LogP contribution is 2.32. The summed E-state index contributed by atoms with van der Waals surface area (Å²) in [5.74, 6) is 0.194. The molecule has 2 aromatic rings. The molecule has 0 saturated heterocycles. The summed E-state index contributed by atoms with van der Waals surface area (Å²) in [5, 5.41) is 3.03. The monoisotopic (exact) mass is 316 g/mol. The number of ether oxygens (including phenoxy) is 1.